The lowest BCUT2D eigenvalue weighted by atomic mass is 10.0. The van der Waals surface area contributed by atoms with Gasteiger partial charge in [-0.2, -0.15) is 0 Å². The van der Waals surface area contributed by atoms with Gasteiger partial charge in [0.25, 0.3) is 0 Å². The molecule has 0 spiro atoms. The van der Waals surface area contributed by atoms with Crippen molar-refractivity contribution < 1.29 is 4.74 Å². The molecule has 1 aromatic carbocycles. The van der Waals surface area contributed by atoms with Crippen LogP contribution in [0.1, 0.15) is 19.3 Å². The van der Waals surface area contributed by atoms with E-state index in [2.05, 4.69) is 0 Å². The van der Waals surface area contributed by atoms with Gasteiger partial charge in [-0.05, 0) is 25.0 Å². The van der Waals surface area contributed by atoms with E-state index in [9.17, 15) is 0 Å². The van der Waals surface area contributed by atoms with Gasteiger partial charge in [0.2, 0.25) is 0 Å². The van der Waals surface area contributed by atoms with Crippen LogP contribution in [0.5, 0.6) is 5.75 Å². The van der Waals surface area contributed by atoms with Crippen LogP contribution >= 0.6 is 35.4 Å². The van der Waals surface area contributed by atoms with E-state index < -0.39 is 0 Å². The minimum Gasteiger partial charge on any atom is -0.490 e. The third-order valence-corrected chi connectivity index (χ3v) is 3.69. The smallest absolute Gasteiger partial charge is 0.156 e. The third kappa shape index (κ3) is 3.24. The molecule has 0 aliphatic heterocycles. The second kappa shape index (κ2) is 5.01. The zero-order valence-corrected chi connectivity index (χ0v) is 11.5. The highest BCUT2D eigenvalue weighted by Gasteiger charge is 2.44. The molecular formula is C12H13Cl2NOS. The van der Waals surface area contributed by atoms with Gasteiger partial charge in [0.15, 0.2) is 5.75 Å². The number of hydrogen-bond acceptors (Lipinski definition) is 2. The Bertz CT molecular complexity index is 426. The lowest BCUT2D eigenvalue weighted by molar-refractivity contribution is 0.239. The van der Waals surface area contributed by atoms with E-state index in [-0.39, 0.29) is 5.41 Å². The normalized spacial score (nSPS) is 16.6. The van der Waals surface area contributed by atoms with Crippen LogP contribution in [0, 0.1) is 5.41 Å². The molecule has 1 aromatic rings. The summed E-state index contributed by atoms with van der Waals surface area (Å²) in [7, 11) is 0. The van der Waals surface area contributed by atoms with Crippen molar-refractivity contribution in [2.75, 3.05) is 6.61 Å². The summed E-state index contributed by atoms with van der Waals surface area (Å²) < 4.78 is 5.72. The Morgan fingerprint density at radius 2 is 1.94 bits per heavy atom. The van der Waals surface area contributed by atoms with Crippen molar-refractivity contribution >= 4 is 40.4 Å². The lowest BCUT2D eigenvalue weighted by Gasteiger charge is -2.16. The Morgan fingerprint density at radius 3 is 2.41 bits per heavy atom. The molecule has 17 heavy (non-hydrogen) atoms. The van der Waals surface area contributed by atoms with Gasteiger partial charge in [-0.15, -0.1) is 0 Å². The summed E-state index contributed by atoms with van der Waals surface area (Å²) in [6.45, 7) is 0.563. The molecule has 0 aromatic heterocycles. The predicted octanol–water partition coefficient (Wildman–Crippen LogP) is 3.83. The standard InChI is InChI=1S/C12H13Cl2NOS/c13-8-2-1-3-9(14)11(8)16-7-12(4-5-12)6-10(15)17/h1-3H,4-7H2,(H2,15,17). The molecule has 1 aliphatic carbocycles. The van der Waals surface area contributed by atoms with Crippen LogP contribution < -0.4 is 10.5 Å². The fraction of sp³-hybridized carbons (Fsp3) is 0.417. The minimum atomic E-state index is 0.105. The van der Waals surface area contributed by atoms with Gasteiger partial charge in [0.05, 0.1) is 21.6 Å². The van der Waals surface area contributed by atoms with Gasteiger partial charge < -0.3 is 10.5 Å². The molecule has 0 heterocycles. The highest BCUT2D eigenvalue weighted by molar-refractivity contribution is 7.80. The average Bonchev–Trinajstić information content (AvgIpc) is 2.96. The van der Waals surface area contributed by atoms with Crippen molar-refractivity contribution in [2.45, 2.75) is 19.3 Å². The summed E-state index contributed by atoms with van der Waals surface area (Å²) in [5.41, 5.74) is 5.68. The van der Waals surface area contributed by atoms with Gasteiger partial charge in [-0.1, -0.05) is 41.5 Å². The third-order valence-electron chi connectivity index (χ3n) is 2.95. The van der Waals surface area contributed by atoms with Crippen molar-refractivity contribution in [1.82, 2.24) is 0 Å². The van der Waals surface area contributed by atoms with Crippen LogP contribution in [0.25, 0.3) is 0 Å². The number of hydrogen-bond donors (Lipinski definition) is 1. The molecule has 2 nitrogen and oxygen atoms in total. The number of para-hydroxylation sites is 1. The average molecular weight is 290 g/mol. The van der Waals surface area contributed by atoms with Crippen LogP contribution in [0.4, 0.5) is 0 Å². The molecule has 0 unspecified atom stereocenters. The molecular weight excluding hydrogens is 277 g/mol. The highest BCUT2D eigenvalue weighted by Crippen LogP contribution is 2.49. The fourth-order valence-corrected chi connectivity index (χ4v) is 2.58. The van der Waals surface area contributed by atoms with Crippen molar-refractivity contribution in [3.05, 3.63) is 28.2 Å². The second-order valence-corrected chi connectivity index (χ2v) is 5.82. The van der Waals surface area contributed by atoms with Gasteiger partial charge in [0.1, 0.15) is 0 Å². The number of halogens is 2. The topological polar surface area (TPSA) is 35.2 Å². The monoisotopic (exact) mass is 289 g/mol. The molecule has 0 amide bonds. The predicted molar refractivity (Wildman–Crippen MR) is 75.0 cm³/mol. The van der Waals surface area contributed by atoms with E-state index in [0.717, 1.165) is 19.3 Å². The van der Waals surface area contributed by atoms with E-state index in [1.54, 1.807) is 18.2 Å². The lowest BCUT2D eigenvalue weighted by Crippen LogP contribution is -2.21. The Hall–Kier alpha value is -0.510. The summed E-state index contributed by atoms with van der Waals surface area (Å²) in [4.78, 5) is 0.538. The van der Waals surface area contributed by atoms with Crippen molar-refractivity contribution in [3.63, 3.8) is 0 Å². The van der Waals surface area contributed by atoms with Gasteiger partial charge in [-0.3, -0.25) is 0 Å². The van der Waals surface area contributed by atoms with E-state index >= 15 is 0 Å². The molecule has 0 atom stereocenters. The van der Waals surface area contributed by atoms with Crippen molar-refractivity contribution in [3.8, 4) is 5.75 Å². The molecule has 92 valence electrons. The molecule has 2 N–H and O–H groups in total. The van der Waals surface area contributed by atoms with E-state index in [0.29, 0.717) is 27.4 Å². The van der Waals surface area contributed by atoms with Gasteiger partial charge in [-0.25, -0.2) is 0 Å². The minimum absolute atomic E-state index is 0.105. The van der Waals surface area contributed by atoms with Crippen molar-refractivity contribution in [1.29, 1.82) is 0 Å². The summed E-state index contributed by atoms with van der Waals surface area (Å²) in [5, 5.41) is 1.06. The van der Waals surface area contributed by atoms with Crippen LogP contribution in [0.2, 0.25) is 10.0 Å². The van der Waals surface area contributed by atoms with Crippen LogP contribution in [0.15, 0.2) is 18.2 Å². The maximum absolute atomic E-state index is 6.02. The molecule has 1 aliphatic rings. The van der Waals surface area contributed by atoms with E-state index in [4.69, 9.17) is 45.9 Å². The summed E-state index contributed by atoms with van der Waals surface area (Å²) >= 11 is 17.0. The van der Waals surface area contributed by atoms with Crippen LogP contribution in [0.3, 0.4) is 0 Å². The Balaban J connectivity index is 2.01. The quantitative estimate of drug-likeness (QED) is 0.837. The Morgan fingerprint density at radius 1 is 1.35 bits per heavy atom. The molecule has 0 bridgehead atoms. The van der Waals surface area contributed by atoms with Gasteiger partial charge in [0, 0.05) is 11.8 Å². The number of benzene rings is 1. The maximum atomic E-state index is 6.02. The number of rotatable bonds is 5. The molecule has 5 heteroatoms. The summed E-state index contributed by atoms with van der Waals surface area (Å²) in [6.07, 6.45) is 2.91. The zero-order chi connectivity index (χ0) is 12.5. The molecule has 1 saturated carbocycles. The number of ether oxygens (including phenoxy) is 1. The highest BCUT2D eigenvalue weighted by atomic mass is 35.5. The maximum Gasteiger partial charge on any atom is 0.156 e. The first-order valence-electron chi connectivity index (χ1n) is 5.38. The van der Waals surface area contributed by atoms with E-state index in [1.807, 2.05) is 0 Å². The number of thiocarbonyl (C=S) groups is 1. The molecule has 0 radical (unpaired) electrons. The first kappa shape index (κ1) is 12.9. The zero-order valence-electron chi connectivity index (χ0n) is 9.21. The Kier molecular flexibility index (Phi) is 3.81. The summed E-state index contributed by atoms with van der Waals surface area (Å²) in [5.74, 6) is 0.546. The fourth-order valence-electron chi connectivity index (χ4n) is 1.76. The largest absolute Gasteiger partial charge is 0.490 e. The molecule has 0 saturated heterocycles. The SMILES string of the molecule is NC(=S)CC1(COc2c(Cl)cccc2Cl)CC1. The Labute approximate surface area is 116 Å². The molecule has 1 fully saturated rings. The van der Waals surface area contributed by atoms with Crippen molar-refractivity contribution in [2.24, 2.45) is 11.1 Å². The van der Waals surface area contributed by atoms with E-state index in [1.165, 1.54) is 0 Å². The second-order valence-electron chi connectivity index (χ2n) is 4.48. The first-order valence-corrected chi connectivity index (χ1v) is 6.54. The number of nitrogens with two attached hydrogens (primary N) is 1. The van der Waals surface area contributed by atoms with Crippen LogP contribution in [-0.2, 0) is 0 Å². The first-order chi connectivity index (χ1) is 8.02. The van der Waals surface area contributed by atoms with Crippen LogP contribution in [-0.4, -0.2) is 11.6 Å². The van der Waals surface area contributed by atoms with Gasteiger partial charge >= 0.3 is 0 Å². The summed E-state index contributed by atoms with van der Waals surface area (Å²) in [6, 6.07) is 5.31. The molecule has 2 rings (SSSR count).